The van der Waals surface area contributed by atoms with Crippen LogP contribution in [-0.2, 0) is 19.3 Å². The van der Waals surface area contributed by atoms with Gasteiger partial charge < -0.3 is 9.73 Å². The largest absolute Gasteiger partial charge is 0.464 e. The van der Waals surface area contributed by atoms with Crippen LogP contribution in [0.2, 0.25) is 0 Å². The number of nitrogens with zero attached hydrogens (tertiary/aromatic N) is 2. The van der Waals surface area contributed by atoms with Gasteiger partial charge in [-0.05, 0) is 25.1 Å². The van der Waals surface area contributed by atoms with E-state index in [1.165, 1.54) is 0 Å². The fourth-order valence-electron chi connectivity index (χ4n) is 1.77. The molecule has 0 unspecified atom stereocenters. The third kappa shape index (κ3) is 4.14. The van der Waals surface area contributed by atoms with Crippen LogP contribution in [0.4, 0.5) is 0 Å². The van der Waals surface area contributed by atoms with Gasteiger partial charge in [-0.3, -0.25) is 4.68 Å². The standard InChI is InChI=1S/C14H21N3OS/c1-10(2)15-8-12-5-6-13(18-12)9-19-14-7-11(3)16-17(14)4/h5-7,10,15H,8-9H2,1-4H3. The van der Waals surface area contributed by atoms with Gasteiger partial charge in [0.1, 0.15) is 11.5 Å². The third-order valence-electron chi connectivity index (χ3n) is 2.72. The van der Waals surface area contributed by atoms with Crippen molar-refractivity contribution in [2.45, 2.75) is 44.1 Å². The number of nitrogens with one attached hydrogen (secondary N) is 1. The molecule has 0 aliphatic heterocycles. The van der Waals surface area contributed by atoms with Crippen molar-refractivity contribution in [3.05, 3.63) is 35.4 Å². The highest BCUT2D eigenvalue weighted by Gasteiger charge is 2.06. The summed E-state index contributed by atoms with van der Waals surface area (Å²) in [5.41, 5.74) is 1.05. The van der Waals surface area contributed by atoms with E-state index in [-0.39, 0.29) is 0 Å². The Bertz CT molecular complexity index is 531. The first kappa shape index (κ1) is 14.2. The van der Waals surface area contributed by atoms with Crippen molar-refractivity contribution in [2.75, 3.05) is 0 Å². The molecule has 4 nitrogen and oxygen atoms in total. The van der Waals surface area contributed by atoms with Crippen molar-refractivity contribution < 1.29 is 4.42 Å². The number of hydrogen-bond acceptors (Lipinski definition) is 4. The Balaban J connectivity index is 1.88. The van der Waals surface area contributed by atoms with Crippen LogP contribution in [0, 0.1) is 6.92 Å². The van der Waals surface area contributed by atoms with Gasteiger partial charge in [0.05, 0.1) is 23.0 Å². The summed E-state index contributed by atoms with van der Waals surface area (Å²) in [6.45, 7) is 7.05. The third-order valence-corrected chi connectivity index (χ3v) is 3.83. The topological polar surface area (TPSA) is 43.0 Å². The lowest BCUT2D eigenvalue weighted by molar-refractivity contribution is 0.445. The Kier molecular flexibility index (Phi) is 4.71. The molecule has 0 aromatic carbocycles. The molecular weight excluding hydrogens is 258 g/mol. The quantitative estimate of drug-likeness (QED) is 0.825. The summed E-state index contributed by atoms with van der Waals surface area (Å²) in [7, 11) is 1.97. The maximum Gasteiger partial charge on any atom is 0.118 e. The Hall–Kier alpha value is -1.20. The van der Waals surface area contributed by atoms with E-state index in [4.69, 9.17) is 4.42 Å². The Morgan fingerprint density at radius 2 is 2.11 bits per heavy atom. The predicted octanol–water partition coefficient (Wildman–Crippen LogP) is 3.11. The summed E-state index contributed by atoms with van der Waals surface area (Å²) in [4.78, 5) is 0. The van der Waals surface area contributed by atoms with E-state index in [1.807, 2.05) is 30.8 Å². The molecule has 19 heavy (non-hydrogen) atoms. The minimum Gasteiger partial charge on any atom is -0.464 e. The molecule has 0 amide bonds. The molecule has 0 aliphatic carbocycles. The normalized spacial score (nSPS) is 11.4. The maximum absolute atomic E-state index is 5.79. The summed E-state index contributed by atoms with van der Waals surface area (Å²) >= 11 is 1.74. The van der Waals surface area contributed by atoms with Crippen molar-refractivity contribution in [1.82, 2.24) is 15.1 Å². The zero-order valence-corrected chi connectivity index (χ0v) is 12.8. The maximum atomic E-state index is 5.79. The smallest absolute Gasteiger partial charge is 0.118 e. The van der Waals surface area contributed by atoms with Crippen molar-refractivity contribution in [1.29, 1.82) is 0 Å². The van der Waals surface area contributed by atoms with Gasteiger partial charge in [0.25, 0.3) is 0 Å². The summed E-state index contributed by atoms with van der Waals surface area (Å²) in [6, 6.07) is 6.66. The fraction of sp³-hybridized carbons (Fsp3) is 0.500. The van der Waals surface area contributed by atoms with E-state index >= 15 is 0 Å². The first-order valence-corrected chi connectivity index (χ1v) is 7.47. The lowest BCUT2D eigenvalue weighted by Crippen LogP contribution is -2.21. The van der Waals surface area contributed by atoms with Gasteiger partial charge in [-0.25, -0.2) is 0 Å². The van der Waals surface area contributed by atoms with Crippen LogP contribution in [0.3, 0.4) is 0 Å². The molecule has 0 spiro atoms. The lowest BCUT2D eigenvalue weighted by Gasteiger charge is -2.05. The SMILES string of the molecule is Cc1cc(SCc2ccc(CNC(C)C)o2)n(C)n1. The minimum absolute atomic E-state index is 0.473. The minimum atomic E-state index is 0.473. The van der Waals surface area contributed by atoms with Crippen molar-refractivity contribution in [3.8, 4) is 0 Å². The van der Waals surface area contributed by atoms with Gasteiger partial charge in [-0.1, -0.05) is 25.6 Å². The molecule has 0 aliphatic rings. The number of hydrogen-bond donors (Lipinski definition) is 1. The molecular formula is C14H21N3OS. The van der Waals surface area contributed by atoms with Crippen molar-refractivity contribution in [3.63, 3.8) is 0 Å². The van der Waals surface area contributed by atoms with Crippen LogP contribution in [0.25, 0.3) is 0 Å². The molecule has 0 radical (unpaired) electrons. The van der Waals surface area contributed by atoms with E-state index in [1.54, 1.807) is 11.8 Å². The molecule has 0 saturated heterocycles. The zero-order chi connectivity index (χ0) is 13.8. The number of aromatic nitrogens is 2. The van der Waals surface area contributed by atoms with E-state index in [0.29, 0.717) is 6.04 Å². The second-order valence-corrected chi connectivity index (χ2v) is 5.94. The van der Waals surface area contributed by atoms with Crippen molar-refractivity contribution >= 4 is 11.8 Å². The molecule has 2 aromatic rings. The zero-order valence-electron chi connectivity index (χ0n) is 11.9. The van der Waals surface area contributed by atoms with Gasteiger partial charge in [0.2, 0.25) is 0 Å². The lowest BCUT2D eigenvalue weighted by atomic mass is 10.3. The van der Waals surface area contributed by atoms with Crippen LogP contribution in [0.15, 0.2) is 27.6 Å². The number of furan rings is 1. The van der Waals surface area contributed by atoms with Crippen LogP contribution in [0.1, 0.15) is 31.1 Å². The molecule has 104 valence electrons. The number of thioether (sulfide) groups is 1. The van der Waals surface area contributed by atoms with Crippen LogP contribution >= 0.6 is 11.8 Å². The predicted molar refractivity (Wildman–Crippen MR) is 78.2 cm³/mol. The average molecular weight is 279 g/mol. The van der Waals surface area contributed by atoms with Gasteiger partial charge in [-0.2, -0.15) is 5.10 Å². The second-order valence-electron chi connectivity index (χ2n) is 4.94. The monoisotopic (exact) mass is 279 g/mol. The van der Waals surface area contributed by atoms with E-state index in [2.05, 4.69) is 30.3 Å². The number of rotatable bonds is 6. The highest BCUT2D eigenvalue weighted by Crippen LogP contribution is 2.24. The van der Waals surface area contributed by atoms with E-state index in [0.717, 1.165) is 34.5 Å². The molecule has 0 bridgehead atoms. The fourth-order valence-corrected chi connectivity index (χ4v) is 2.69. The Morgan fingerprint density at radius 3 is 2.74 bits per heavy atom. The molecule has 5 heteroatoms. The summed E-state index contributed by atoms with van der Waals surface area (Å²) in [5.74, 6) is 2.83. The van der Waals surface area contributed by atoms with E-state index in [9.17, 15) is 0 Å². The van der Waals surface area contributed by atoms with E-state index < -0.39 is 0 Å². The highest BCUT2D eigenvalue weighted by molar-refractivity contribution is 7.98. The van der Waals surface area contributed by atoms with Crippen LogP contribution < -0.4 is 5.32 Å². The summed E-state index contributed by atoms with van der Waals surface area (Å²) in [5, 5.41) is 8.84. The Morgan fingerprint density at radius 1 is 1.37 bits per heavy atom. The molecule has 2 aromatic heterocycles. The number of aryl methyl sites for hydroxylation is 2. The van der Waals surface area contributed by atoms with Crippen molar-refractivity contribution in [2.24, 2.45) is 7.05 Å². The average Bonchev–Trinajstić information content (AvgIpc) is 2.91. The molecule has 0 atom stereocenters. The molecule has 2 rings (SSSR count). The molecule has 1 N–H and O–H groups in total. The molecule has 0 saturated carbocycles. The molecule has 2 heterocycles. The van der Waals surface area contributed by atoms with Gasteiger partial charge in [-0.15, -0.1) is 0 Å². The summed E-state index contributed by atoms with van der Waals surface area (Å²) in [6.07, 6.45) is 0. The first-order valence-electron chi connectivity index (χ1n) is 6.49. The first-order chi connectivity index (χ1) is 9.04. The second kappa shape index (κ2) is 6.30. The van der Waals surface area contributed by atoms with Crippen LogP contribution in [-0.4, -0.2) is 15.8 Å². The van der Waals surface area contributed by atoms with Crippen LogP contribution in [0.5, 0.6) is 0 Å². The van der Waals surface area contributed by atoms with Gasteiger partial charge in [0.15, 0.2) is 0 Å². The molecule has 0 fully saturated rings. The Labute approximate surface area is 118 Å². The highest BCUT2D eigenvalue weighted by atomic mass is 32.2. The van der Waals surface area contributed by atoms with Gasteiger partial charge >= 0.3 is 0 Å². The summed E-state index contributed by atoms with van der Waals surface area (Å²) < 4.78 is 7.70. The van der Waals surface area contributed by atoms with Gasteiger partial charge in [0, 0.05) is 13.1 Å².